The molecule has 0 aromatic heterocycles. The Balaban J connectivity index is 1.20. The molecule has 4 bridgehead atoms. The molecule has 1 aromatic carbocycles. The lowest BCUT2D eigenvalue weighted by Crippen LogP contribution is -2.56. The number of halogens is 1. The van der Waals surface area contributed by atoms with E-state index in [-0.39, 0.29) is 5.91 Å². The third kappa shape index (κ3) is 4.15. The molecule has 0 radical (unpaired) electrons. The summed E-state index contributed by atoms with van der Waals surface area (Å²) in [4.78, 5) is 12.5. The predicted octanol–water partition coefficient (Wildman–Crippen LogP) is 3.84. The second-order valence-electron chi connectivity index (χ2n) is 8.32. The Bertz CT molecular complexity index is 628. The quantitative estimate of drug-likeness (QED) is 0.616. The van der Waals surface area contributed by atoms with Crippen LogP contribution in [0.4, 0.5) is 5.69 Å². The van der Waals surface area contributed by atoms with Crippen LogP contribution in [0.5, 0.6) is 0 Å². The van der Waals surface area contributed by atoms with Crippen LogP contribution >= 0.6 is 24.4 Å². The van der Waals surface area contributed by atoms with E-state index in [1.54, 1.807) is 4.31 Å². The van der Waals surface area contributed by atoms with Gasteiger partial charge in [-0.25, -0.2) is 4.31 Å². The number of nitrogens with one attached hydrogen (secondary N) is 2. The van der Waals surface area contributed by atoms with E-state index >= 15 is 0 Å². The van der Waals surface area contributed by atoms with Gasteiger partial charge in [-0.2, -0.15) is 0 Å². The van der Waals surface area contributed by atoms with Crippen molar-refractivity contribution in [2.24, 2.45) is 23.7 Å². The summed E-state index contributed by atoms with van der Waals surface area (Å²) in [6, 6.07) is 8.07. The number of anilines is 1. The molecule has 0 heterocycles. The molecule has 4 aliphatic carbocycles. The number of carbonyl (C=O) groups is 1. The van der Waals surface area contributed by atoms with E-state index in [0.717, 1.165) is 17.5 Å². The smallest absolute Gasteiger partial charge is 0.235 e. The van der Waals surface area contributed by atoms with Crippen LogP contribution in [0.3, 0.4) is 0 Å². The number of amides is 1. The van der Waals surface area contributed by atoms with Crippen molar-refractivity contribution in [2.75, 3.05) is 25.0 Å². The van der Waals surface area contributed by atoms with Gasteiger partial charge in [0.05, 0.1) is 17.3 Å². The summed E-state index contributed by atoms with van der Waals surface area (Å²) in [5.41, 5.74) is 0.911. The molecule has 0 aliphatic heterocycles. The lowest BCUT2D eigenvalue weighted by Gasteiger charge is -2.54. The Labute approximate surface area is 166 Å². The third-order valence-electron chi connectivity index (χ3n) is 6.44. The molecule has 0 spiro atoms. The third-order valence-corrected chi connectivity index (χ3v) is 7.11. The molecule has 2 N–H and O–H groups in total. The van der Waals surface area contributed by atoms with Gasteiger partial charge < -0.3 is 10.6 Å². The van der Waals surface area contributed by atoms with E-state index in [1.165, 1.54) is 32.1 Å². The standard InChI is InChI=1S/C20H28ClN3OS/c21-17-3-1-2-4-18(17)22-5-6-24(26)12-19(25)23-20-15-8-13-7-14(10-15)11-16(20)9-13/h1-4,13-16,20,22,26H,5-12H2,(H,23,25). The Kier molecular flexibility index (Phi) is 5.67. The summed E-state index contributed by atoms with van der Waals surface area (Å²) in [6.07, 6.45) is 6.74. The molecule has 0 saturated heterocycles. The monoisotopic (exact) mass is 393 g/mol. The molecular formula is C20H28ClN3OS. The zero-order chi connectivity index (χ0) is 18.1. The SMILES string of the molecule is O=C(CN(S)CCNc1ccccc1Cl)NC1C2CC3CC(C2)CC1C3. The molecule has 142 valence electrons. The minimum atomic E-state index is 0.107. The minimum absolute atomic E-state index is 0.107. The van der Waals surface area contributed by atoms with Crippen LogP contribution in [-0.4, -0.2) is 35.9 Å². The molecule has 1 aromatic rings. The van der Waals surface area contributed by atoms with Crippen LogP contribution in [0.2, 0.25) is 5.02 Å². The highest BCUT2D eigenvalue weighted by atomic mass is 35.5. The largest absolute Gasteiger partial charge is 0.383 e. The van der Waals surface area contributed by atoms with E-state index in [4.69, 9.17) is 11.6 Å². The molecule has 0 unspecified atom stereocenters. The Morgan fingerprint density at radius 1 is 1.12 bits per heavy atom. The molecule has 0 atom stereocenters. The van der Waals surface area contributed by atoms with Crippen molar-refractivity contribution >= 4 is 36.0 Å². The highest BCUT2D eigenvalue weighted by molar-refractivity contribution is 7.77. The normalized spacial score (nSPS) is 32.0. The maximum absolute atomic E-state index is 12.5. The fourth-order valence-corrected chi connectivity index (χ4v) is 5.99. The first-order chi connectivity index (χ1) is 12.6. The number of carbonyl (C=O) groups excluding carboxylic acids is 1. The average molecular weight is 394 g/mol. The van der Waals surface area contributed by atoms with Crippen molar-refractivity contribution in [3.8, 4) is 0 Å². The van der Waals surface area contributed by atoms with Crippen LogP contribution in [0.25, 0.3) is 0 Å². The first kappa shape index (κ1) is 18.5. The summed E-state index contributed by atoms with van der Waals surface area (Å²) < 4.78 is 1.77. The van der Waals surface area contributed by atoms with Crippen molar-refractivity contribution in [2.45, 2.75) is 38.1 Å². The maximum atomic E-state index is 12.5. The Morgan fingerprint density at radius 3 is 2.42 bits per heavy atom. The van der Waals surface area contributed by atoms with Crippen LogP contribution < -0.4 is 10.6 Å². The van der Waals surface area contributed by atoms with Gasteiger partial charge in [0, 0.05) is 19.1 Å². The number of nitrogens with zero attached hydrogens (tertiary/aromatic N) is 1. The van der Waals surface area contributed by atoms with Gasteiger partial charge in [-0.1, -0.05) is 36.5 Å². The second kappa shape index (κ2) is 7.99. The number of benzene rings is 1. The summed E-state index contributed by atoms with van der Waals surface area (Å²) in [7, 11) is 0. The minimum Gasteiger partial charge on any atom is -0.383 e. The van der Waals surface area contributed by atoms with E-state index in [1.807, 2.05) is 24.3 Å². The number of thiol groups is 1. The number of hydrogen-bond acceptors (Lipinski definition) is 4. The zero-order valence-corrected chi connectivity index (χ0v) is 16.7. The molecule has 1 amide bonds. The Morgan fingerprint density at radius 2 is 1.77 bits per heavy atom. The first-order valence-electron chi connectivity index (χ1n) is 9.80. The van der Waals surface area contributed by atoms with Crippen molar-refractivity contribution in [1.29, 1.82) is 0 Å². The Hall–Kier alpha value is -0.910. The van der Waals surface area contributed by atoms with Gasteiger partial charge in [0.15, 0.2) is 0 Å². The van der Waals surface area contributed by atoms with Crippen molar-refractivity contribution < 1.29 is 4.79 Å². The van der Waals surface area contributed by atoms with Crippen molar-refractivity contribution in [3.63, 3.8) is 0 Å². The zero-order valence-electron chi connectivity index (χ0n) is 15.0. The summed E-state index contributed by atoms with van der Waals surface area (Å²) in [5.74, 6) is 3.40. The van der Waals surface area contributed by atoms with Crippen LogP contribution in [0, 0.1) is 23.7 Å². The molecular weight excluding hydrogens is 366 g/mol. The summed E-state index contributed by atoms with van der Waals surface area (Å²) in [5, 5.41) is 7.33. The number of hydrogen-bond donors (Lipinski definition) is 3. The van der Waals surface area contributed by atoms with Crippen molar-refractivity contribution in [3.05, 3.63) is 29.3 Å². The van der Waals surface area contributed by atoms with E-state index in [9.17, 15) is 4.79 Å². The van der Waals surface area contributed by atoms with Gasteiger partial charge in [-0.15, -0.1) is 0 Å². The van der Waals surface area contributed by atoms with Crippen molar-refractivity contribution in [1.82, 2.24) is 9.62 Å². The van der Waals surface area contributed by atoms with Gasteiger partial charge in [-0.3, -0.25) is 4.79 Å². The number of para-hydroxylation sites is 1. The topological polar surface area (TPSA) is 44.4 Å². The molecule has 4 saturated carbocycles. The van der Waals surface area contributed by atoms with Crippen LogP contribution in [-0.2, 0) is 4.79 Å². The highest BCUT2D eigenvalue weighted by Gasteiger charge is 2.48. The highest BCUT2D eigenvalue weighted by Crippen LogP contribution is 2.53. The van der Waals surface area contributed by atoms with Gasteiger partial charge in [0.2, 0.25) is 5.91 Å². The van der Waals surface area contributed by atoms with E-state index < -0.39 is 0 Å². The van der Waals surface area contributed by atoms with Gasteiger partial charge in [-0.05, 0) is 67.9 Å². The summed E-state index contributed by atoms with van der Waals surface area (Å²) >= 11 is 10.6. The second-order valence-corrected chi connectivity index (χ2v) is 9.29. The lowest BCUT2D eigenvalue weighted by atomic mass is 9.54. The van der Waals surface area contributed by atoms with Gasteiger partial charge in [0.1, 0.15) is 0 Å². The lowest BCUT2D eigenvalue weighted by molar-refractivity contribution is -0.125. The van der Waals surface area contributed by atoms with Crippen LogP contribution in [0.1, 0.15) is 32.1 Å². The van der Waals surface area contributed by atoms with Gasteiger partial charge in [0.25, 0.3) is 0 Å². The molecule has 6 heteroatoms. The average Bonchev–Trinajstić information content (AvgIpc) is 2.59. The molecule has 4 aliphatic rings. The summed E-state index contributed by atoms with van der Waals surface area (Å²) in [6.45, 7) is 1.69. The maximum Gasteiger partial charge on any atom is 0.235 e. The fraction of sp³-hybridized carbons (Fsp3) is 0.650. The van der Waals surface area contributed by atoms with E-state index in [0.29, 0.717) is 42.5 Å². The predicted molar refractivity (Wildman–Crippen MR) is 109 cm³/mol. The number of rotatable bonds is 7. The fourth-order valence-electron chi connectivity index (χ4n) is 5.56. The van der Waals surface area contributed by atoms with Gasteiger partial charge >= 0.3 is 0 Å². The van der Waals surface area contributed by atoms with E-state index in [2.05, 4.69) is 23.4 Å². The molecule has 26 heavy (non-hydrogen) atoms. The molecule has 5 rings (SSSR count). The molecule has 4 nitrogen and oxygen atoms in total. The van der Waals surface area contributed by atoms with Crippen LogP contribution in [0.15, 0.2) is 24.3 Å². The molecule has 4 fully saturated rings. The first-order valence-corrected chi connectivity index (χ1v) is 10.6.